The maximum absolute atomic E-state index is 12.3. The Kier molecular flexibility index (Phi) is 23.4. The zero-order valence-corrected chi connectivity index (χ0v) is 27.7. The first-order valence-corrected chi connectivity index (χ1v) is 16.2. The third-order valence-corrected chi connectivity index (χ3v) is 8.57. The second-order valence-electron chi connectivity index (χ2n) is 8.68. The number of halogens is 2. The standard InChI is InChI=1S/C18H25O4P.C9H9BrO.C5H7Cl.CH4/c1-5-21-23(20,22-6-2)13-9-7-8-10-17-14-18(16(4)19)12-11-15(17)3;1-6-3-4-8(7(2)11)5-9(6)10;1-2-3-4-5-6;/h11-12,14H,5-7,9,13H2,1-4H3;3-5H,1-2H3;1H,3-5H2;1H4. The number of rotatable bonds is 11. The predicted molar refractivity (Wildman–Crippen MR) is 177 cm³/mol. The Hall–Kier alpha value is -2.18. The minimum Gasteiger partial charge on any atom is -0.309 e. The Morgan fingerprint density at radius 1 is 0.927 bits per heavy atom. The van der Waals surface area contributed by atoms with Crippen LogP contribution < -0.4 is 0 Å². The van der Waals surface area contributed by atoms with E-state index in [2.05, 4.69) is 33.7 Å². The van der Waals surface area contributed by atoms with Gasteiger partial charge < -0.3 is 9.05 Å². The highest BCUT2D eigenvalue weighted by Gasteiger charge is 2.22. The molecular weight excluding hydrogens is 623 g/mol. The monoisotopic (exact) mass is 666 g/mol. The van der Waals surface area contributed by atoms with E-state index in [0.29, 0.717) is 43.7 Å². The largest absolute Gasteiger partial charge is 0.330 e. The maximum Gasteiger partial charge on any atom is 0.330 e. The summed E-state index contributed by atoms with van der Waals surface area (Å²) in [5, 5.41) is 0. The minimum atomic E-state index is -2.97. The van der Waals surface area contributed by atoms with Gasteiger partial charge in [0, 0.05) is 39.9 Å². The Balaban J connectivity index is 0. The molecule has 0 aliphatic heterocycles. The summed E-state index contributed by atoms with van der Waals surface area (Å²) in [5.41, 5.74) is 4.46. The van der Waals surface area contributed by atoms with Gasteiger partial charge in [0.2, 0.25) is 0 Å². The SMILES string of the molecule is C.C#CCCCCl.CC(=O)c1ccc(C)c(Br)c1.CCOP(=O)(CCCC#Cc1cc(C(C)=O)ccc1C)OCC. The van der Waals surface area contributed by atoms with Crippen molar-refractivity contribution in [3.63, 3.8) is 0 Å². The molecule has 0 heterocycles. The predicted octanol–water partition coefficient (Wildman–Crippen LogP) is 9.83. The summed E-state index contributed by atoms with van der Waals surface area (Å²) in [6.07, 6.45) is 8.28. The van der Waals surface area contributed by atoms with Gasteiger partial charge in [-0.2, -0.15) is 0 Å². The van der Waals surface area contributed by atoms with Gasteiger partial charge in [0.15, 0.2) is 11.6 Å². The molecule has 0 aliphatic rings. The van der Waals surface area contributed by atoms with Crippen LogP contribution in [0.15, 0.2) is 40.9 Å². The number of carbonyl (C=O) groups is 2. The van der Waals surface area contributed by atoms with E-state index >= 15 is 0 Å². The average molecular weight is 668 g/mol. The first-order chi connectivity index (χ1) is 18.9. The van der Waals surface area contributed by atoms with E-state index < -0.39 is 7.60 Å². The number of hydrogen-bond donors (Lipinski definition) is 0. The van der Waals surface area contributed by atoms with Crippen molar-refractivity contribution in [2.75, 3.05) is 25.3 Å². The van der Waals surface area contributed by atoms with Crippen LogP contribution in [0, 0.1) is 38.0 Å². The fraction of sp³-hybridized carbons (Fsp3) is 0.455. The van der Waals surface area contributed by atoms with Crippen LogP contribution in [0.1, 0.15) is 98.2 Å². The second kappa shape index (κ2) is 23.4. The highest BCUT2D eigenvalue weighted by atomic mass is 79.9. The van der Waals surface area contributed by atoms with Gasteiger partial charge >= 0.3 is 7.60 Å². The molecule has 0 atom stereocenters. The third kappa shape index (κ3) is 18.1. The first-order valence-electron chi connectivity index (χ1n) is 13.2. The summed E-state index contributed by atoms with van der Waals surface area (Å²) in [4.78, 5) is 22.3. The van der Waals surface area contributed by atoms with Crippen molar-refractivity contribution in [3.05, 3.63) is 68.7 Å². The van der Waals surface area contributed by atoms with Gasteiger partial charge in [-0.05, 0) is 77.6 Å². The molecule has 0 aromatic heterocycles. The van der Waals surface area contributed by atoms with E-state index in [-0.39, 0.29) is 19.0 Å². The number of Topliss-reactive ketones (excluding diaryl/α,β-unsaturated/α-hetero) is 2. The minimum absolute atomic E-state index is 0. The molecular formula is C33H45BrClO5P. The number of terminal acetylenes is 1. The van der Waals surface area contributed by atoms with Crippen molar-refractivity contribution in [1.82, 2.24) is 0 Å². The van der Waals surface area contributed by atoms with Crippen LogP contribution >= 0.6 is 35.1 Å². The zero-order chi connectivity index (χ0) is 30.6. The van der Waals surface area contributed by atoms with Gasteiger partial charge in [0.05, 0.1) is 19.4 Å². The molecule has 0 aliphatic carbocycles. The molecule has 0 saturated carbocycles. The summed E-state index contributed by atoms with van der Waals surface area (Å²) in [5.74, 6) is 9.46. The molecule has 0 radical (unpaired) electrons. The Morgan fingerprint density at radius 2 is 1.46 bits per heavy atom. The van der Waals surface area contributed by atoms with Crippen LogP contribution in [0.25, 0.3) is 0 Å². The summed E-state index contributed by atoms with van der Waals surface area (Å²) in [6, 6.07) is 11.1. The van der Waals surface area contributed by atoms with Crippen LogP contribution in [0.5, 0.6) is 0 Å². The summed E-state index contributed by atoms with van der Waals surface area (Å²) < 4.78 is 23.8. The summed E-state index contributed by atoms with van der Waals surface area (Å²) >= 11 is 8.65. The number of ketones is 2. The van der Waals surface area contributed by atoms with Crippen molar-refractivity contribution < 1.29 is 23.2 Å². The molecule has 2 aromatic rings. The van der Waals surface area contributed by atoms with Crippen LogP contribution in [0.3, 0.4) is 0 Å². The van der Waals surface area contributed by atoms with Gasteiger partial charge in [-0.1, -0.05) is 59.5 Å². The third-order valence-electron chi connectivity index (χ3n) is 5.29. The lowest BCUT2D eigenvalue weighted by Gasteiger charge is -2.15. The zero-order valence-electron chi connectivity index (χ0n) is 24.4. The molecule has 226 valence electrons. The van der Waals surface area contributed by atoms with E-state index in [1.165, 1.54) is 0 Å². The highest BCUT2D eigenvalue weighted by molar-refractivity contribution is 9.10. The number of unbranched alkanes of at least 4 members (excludes halogenated alkanes) is 2. The lowest BCUT2D eigenvalue weighted by molar-refractivity contribution is 0.100. The van der Waals surface area contributed by atoms with Gasteiger partial charge in [-0.25, -0.2) is 0 Å². The van der Waals surface area contributed by atoms with Crippen molar-refractivity contribution in [2.24, 2.45) is 0 Å². The highest BCUT2D eigenvalue weighted by Crippen LogP contribution is 2.48. The molecule has 0 unspecified atom stereocenters. The van der Waals surface area contributed by atoms with Crippen LogP contribution in [0.4, 0.5) is 0 Å². The van der Waals surface area contributed by atoms with Crippen molar-refractivity contribution in [2.45, 2.75) is 74.7 Å². The summed E-state index contributed by atoms with van der Waals surface area (Å²) in [6.45, 7) is 11.4. The number of carbonyl (C=O) groups excluding carboxylic acids is 2. The molecule has 0 saturated heterocycles. The number of hydrogen-bond acceptors (Lipinski definition) is 5. The van der Waals surface area contributed by atoms with Gasteiger partial charge in [0.1, 0.15) is 0 Å². The molecule has 2 rings (SSSR count). The Morgan fingerprint density at radius 3 is 1.90 bits per heavy atom. The normalized spacial score (nSPS) is 9.83. The average Bonchev–Trinajstić information content (AvgIpc) is 2.90. The molecule has 0 N–H and O–H groups in total. The van der Waals surface area contributed by atoms with Crippen LogP contribution in [0.2, 0.25) is 0 Å². The Bertz CT molecular complexity index is 1230. The second-order valence-corrected chi connectivity index (χ2v) is 12.1. The van der Waals surface area contributed by atoms with Gasteiger partial charge in [-0.15, -0.1) is 23.9 Å². The van der Waals surface area contributed by atoms with E-state index in [1.807, 2.05) is 50.2 Å². The van der Waals surface area contributed by atoms with Gasteiger partial charge in [0.25, 0.3) is 0 Å². The van der Waals surface area contributed by atoms with E-state index in [1.54, 1.807) is 27.7 Å². The quantitative estimate of drug-likeness (QED) is 0.0785. The van der Waals surface area contributed by atoms with E-state index in [9.17, 15) is 14.2 Å². The molecule has 41 heavy (non-hydrogen) atoms. The smallest absolute Gasteiger partial charge is 0.309 e. The summed E-state index contributed by atoms with van der Waals surface area (Å²) in [7, 11) is -2.97. The Labute approximate surface area is 261 Å². The van der Waals surface area contributed by atoms with E-state index in [4.69, 9.17) is 27.1 Å². The van der Waals surface area contributed by atoms with E-state index in [0.717, 1.165) is 39.6 Å². The fourth-order valence-corrected chi connectivity index (χ4v) is 5.21. The lowest BCUT2D eigenvalue weighted by atomic mass is 10.0. The number of aryl methyl sites for hydroxylation is 2. The molecule has 0 fully saturated rings. The van der Waals surface area contributed by atoms with Crippen molar-refractivity contribution in [3.8, 4) is 24.2 Å². The van der Waals surface area contributed by atoms with Crippen LogP contribution in [-0.2, 0) is 13.6 Å². The maximum atomic E-state index is 12.3. The fourth-order valence-electron chi connectivity index (χ4n) is 3.03. The molecule has 5 nitrogen and oxygen atoms in total. The molecule has 0 amide bonds. The number of benzene rings is 2. The first kappa shape index (κ1) is 41.0. The van der Waals surface area contributed by atoms with Crippen molar-refractivity contribution >= 4 is 46.7 Å². The van der Waals surface area contributed by atoms with Gasteiger partial charge in [-0.3, -0.25) is 14.2 Å². The molecule has 0 bridgehead atoms. The van der Waals surface area contributed by atoms with Crippen LogP contribution in [-0.4, -0.2) is 36.8 Å². The molecule has 2 aromatic carbocycles. The van der Waals surface area contributed by atoms with Crippen molar-refractivity contribution in [1.29, 1.82) is 0 Å². The molecule has 0 spiro atoms. The topological polar surface area (TPSA) is 69.7 Å². The lowest BCUT2D eigenvalue weighted by Crippen LogP contribution is -2.00. The number of alkyl halides is 1. The molecule has 8 heteroatoms.